The van der Waals surface area contributed by atoms with Crippen LogP contribution in [0.4, 0.5) is 0 Å². The van der Waals surface area contributed by atoms with Gasteiger partial charge in [0.15, 0.2) is 6.61 Å². The van der Waals surface area contributed by atoms with Gasteiger partial charge in [0.2, 0.25) is 0 Å². The number of amides is 1. The highest BCUT2D eigenvalue weighted by Crippen LogP contribution is 2.64. The molecule has 0 radical (unpaired) electrons. The number of hydrogen-bond donors (Lipinski definition) is 1. The molecule has 8 rings (SSSR count). The zero-order valence-electron chi connectivity index (χ0n) is 16.7. The van der Waals surface area contributed by atoms with Crippen LogP contribution in [0.3, 0.4) is 0 Å². The van der Waals surface area contributed by atoms with Crippen LogP contribution in [0.1, 0.15) is 77.0 Å². The van der Waals surface area contributed by atoms with Crippen molar-refractivity contribution in [3.63, 3.8) is 0 Å². The van der Waals surface area contributed by atoms with E-state index in [0.717, 1.165) is 69.1 Å². The summed E-state index contributed by atoms with van der Waals surface area (Å²) in [5.41, 5.74) is -0.439. The summed E-state index contributed by atoms with van der Waals surface area (Å²) in [6, 6.07) is 0. The molecule has 4 atom stereocenters. The van der Waals surface area contributed by atoms with Crippen LogP contribution in [-0.4, -0.2) is 28.9 Å². The minimum Gasteiger partial charge on any atom is -0.455 e. The molecule has 0 spiro atoms. The van der Waals surface area contributed by atoms with Crippen LogP contribution in [0, 0.1) is 35.0 Å². The number of esters is 1. The van der Waals surface area contributed by atoms with Crippen LogP contribution < -0.4 is 5.32 Å². The third-order valence-corrected chi connectivity index (χ3v) is 9.64. The Labute approximate surface area is 172 Å². The van der Waals surface area contributed by atoms with Gasteiger partial charge in [0.1, 0.15) is 0 Å². The number of hydrogen-bond acceptors (Lipinski definition) is 3. The molecule has 8 aliphatic rings. The Bertz CT molecular complexity index is 669. The molecule has 28 heavy (non-hydrogen) atoms. The molecule has 8 aliphatic carbocycles. The minimum atomic E-state index is -0.424. The number of carbonyl (C=O) groups excluding carboxylic acids is 2. The van der Waals surface area contributed by atoms with Gasteiger partial charge in [-0.25, -0.2) is 0 Å². The molecule has 8 saturated carbocycles. The van der Waals surface area contributed by atoms with E-state index in [1.165, 1.54) is 25.7 Å². The van der Waals surface area contributed by atoms with Gasteiger partial charge < -0.3 is 10.1 Å². The molecule has 0 aromatic heterocycles. The maximum atomic E-state index is 13.0. The van der Waals surface area contributed by atoms with Crippen LogP contribution in [-0.2, 0) is 14.3 Å². The zero-order chi connectivity index (χ0) is 19.1. The highest BCUT2D eigenvalue weighted by atomic mass is 35.5. The molecule has 8 fully saturated rings. The van der Waals surface area contributed by atoms with Crippen LogP contribution in [0.2, 0.25) is 0 Å². The highest BCUT2D eigenvalue weighted by Gasteiger charge is 2.61. The van der Waals surface area contributed by atoms with E-state index in [4.69, 9.17) is 16.3 Å². The maximum Gasteiger partial charge on any atom is 0.312 e. The fraction of sp³-hybridized carbons (Fsp3) is 0.913. The highest BCUT2D eigenvalue weighted by molar-refractivity contribution is 6.24. The van der Waals surface area contributed by atoms with Crippen molar-refractivity contribution in [2.24, 2.45) is 35.0 Å². The van der Waals surface area contributed by atoms with Crippen molar-refractivity contribution in [3.05, 3.63) is 0 Å². The van der Waals surface area contributed by atoms with Gasteiger partial charge in [0.05, 0.1) is 5.41 Å². The second-order valence-electron chi connectivity index (χ2n) is 11.7. The Morgan fingerprint density at radius 1 is 0.821 bits per heavy atom. The minimum absolute atomic E-state index is 0.0148. The molecule has 1 amide bonds. The summed E-state index contributed by atoms with van der Waals surface area (Å²) < 4.78 is 5.64. The molecule has 0 saturated heterocycles. The van der Waals surface area contributed by atoms with Crippen LogP contribution in [0.5, 0.6) is 0 Å². The third-order valence-electron chi connectivity index (χ3n) is 9.20. The summed E-state index contributed by atoms with van der Waals surface area (Å²) in [6.45, 7) is -0.118. The molecule has 1 N–H and O–H groups in total. The van der Waals surface area contributed by atoms with Crippen molar-refractivity contribution >= 4 is 23.5 Å². The number of nitrogens with one attached hydrogen (secondary N) is 1. The van der Waals surface area contributed by atoms with Crippen LogP contribution >= 0.6 is 11.6 Å². The van der Waals surface area contributed by atoms with Crippen molar-refractivity contribution in [1.29, 1.82) is 0 Å². The molecule has 0 aromatic carbocycles. The lowest BCUT2D eigenvalue weighted by atomic mass is 9.49. The van der Waals surface area contributed by atoms with E-state index < -0.39 is 5.41 Å². The Balaban J connectivity index is 1.09. The smallest absolute Gasteiger partial charge is 0.312 e. The molecular weight excluding hydrogens is 374 g/mol. The van der Waals surface area contributed by atoms with Gasteiger partial charge in [-0.05, 0) is 107 Å². The summed E-state index contributed by atoms with van der Waals surface area (Å²) in [5.74, 6) is 3.25. The van der Waals surface area contributed by atoms with E-state index in [1.54, 1.807) is 0 Å². The van der Waals surface area contributed by atoms with E-state index in [0.29, 0.717) is 11.8 Å². The predicted molar refractivity (Wildman–Crippen MR) is 106 cm³/mol. The molecule has 4 nitrogen and oxygen atoms in total. The first-order valence-corrected chi connectivity index (χ1v) is 11.9. The average Bonchev–Trinajstić information content (AvgIpc) is 2.55. The second kappa shape index (κ2) is 5.89. The number of carbonyl (C=O) groups is 2. The van der Waals surface area contributed by atoms with Gasteiger partial charge in [0, 0.05) is 10.4 Å². The van der Waals surface area contributed by atoms with E-state index in [9.17, 15) is 9.59 Å². The third kappa shape index (κ3) is 2.84. The molecule has 0 aromatic rings. The van der Waals surface area contributed by atoms with Gasteiger partial charge in [-0.3, -0.25) is 9.59 Å². The monoisotopic (exact) mass is 405 g/mol. The standard InChI is InChI=1S/C23H32ClNO3/c24-22-7-17-4-18(8-22)6-21(5-17,13-22)20(27)28-12-19(26)25-23-9-14-1-15(10-23)3-16(2-14)11-23/h14-18H,1-13H2,(H,25,26)/t14?,15?,16?,17-,18+,21?,22?,23?. The number of halogens is 1. The fourth-order valence-corrected chi connectivity index (χ4v) is 9.96. The van der Waals surface area contributed by atoms with Crippen LogP contribution in [0.15, 0.2) is 0 Å². The van der Waals surface area contributed by atoms with Crippen molar-refractivity contribution < 1.29 is 14.3 Å². The van der Waals surface area contributed by atoms with Gasteiger partial charge in [-0.15, -0.1) is 11.6 Å². The number of rotatable bonds is 4. The van der Waals surface area contributed by atoms with Crippen molar-refractivity contribution in [1.82, 2.24) is 5.32 Å². The first-order chi connectivity index (χ1) is 13.3. The van der Waals surface area contributed by atoms with Gasteiger partial charge >= 0.3 is 5.97 Å². The average molecular weight is 406 g/mol. The Morgan fingerprint density at radius 3 is 1.89 bits per heavy atom. The largest absolute Gasteiger partial charge is 0.455 e. The molecule has 0 heterocycles. The Morgan fingerprint density at radius 2 is 1.36 bits per heavy atom. The van der Waals surface area contributed by atoms with E-state index in [2.05, 4.69) is 5.32 Å². The first-order valence-electron chi connectivity index (χ1n) is 11.5. The SMILES string of the molecule is O=C(COC(=O)C12C[C@@H]3C[C@@H](CC(Cl)(C3)C1)C2)NC12CC3CC(CC(C3)C1)C2. The molecule has 5 heteroatoms. The summed E-state index contributed by atoms with van der Waals surface area (Å²) in [7, 11) is 0. The summed E-state index contributed by atoms with van der Waals surface area (Å²) >= 11 is 6.84. The lowest BCUT2D eigenvalue weighted by molar-refractivity contribution is -0.172. The van der Waals surface area contributed by atoms with E-state index in [1.807, 2.05) is 0 Å². The predicted octanol–water partition coefficient (Wildman–Crippen LogP) is 4.19. The summed E-state index contributed by atoms with van der Waals surface area (Å²) in [6.07, 6.45) is 13.3. The molecule has 154 valence electrons. The lowest BCUT2D eigenvalue weighted by Gasteiger charge is -2.58. The summed E-state index contributed by atoms with van der Waals surface area (Å²) in [4.78, 5) is 25.6. The van der Waals surface area contributed by atoms with Crippen LogP contribution in [0.25, 0.3) is 0 Å². The Kier molecular flexibility index (Phi) is 3.80. The maximum absolute atomic E-state index is 13.0. The van der Waals surface area contributed by atoms with Gasteiger partial charge in [-0.2, -0.15) is 0 Å². The molecule has 0 aliphatic heterocycles. The fourth-order valence-electron chi connectivity index (χ4n) is 9.27. The topological polar surface area (TPSA) is 55.4 Å². The lowest BCUT2D eigenvalue weighted by Crippen LogP contribution is -2.60. The number of alkyl halides is 1. The molecule has 2 unspecified atom stereocenters. The van der Waals surface area contributed by atoms with E-state index in [-0.39, 0.29) is 28.9 Å². The van der Waals surface area contributed by atoms with Crippen molar-refractivity contribution in [2.75, 3.05) is 6.61 Å². The van der Waals surface area contributed by atoms with E-state index >= 15 is 0 Å². The first kappa shape index (κ1) is 18.0. The molecule has 8 bridgehead atoms. The quantitative estimate of drug-likeness (QED) is 0.563. The Hall–Kier alpha value is -0.770. The molecular formula is C23H32ClNO3. The van der Waals surface area contributed by atoms with Gasteiger partial charge in [0.25, 0.3) is 5.91 Å². The van der Waals surface area contributed by atoms with Crippen molar-refractivity contribution in [3.8, 4) is 0 Å². The van der Waals surface area contributed by atoms with Crippen molar-refractivity contribution in [2.45, 2.75) is 87.5 Å². The summed E-state index contributed by atoms with van der Waals surface area (Å²) in [5, 5.41) is 3.32. The second-order valence-corrected chi connectivity index (χ2v) is 12.5. The normalized spacial score (nSPS) is 52.7. The zero-order valence-corrected chi connectivity index (χ0v) is 17.4. The number of ether oxygens (including phenoxy) is 1. The van der Waals surface area contributed by atoms with Gasteiger partial charge in [-0.1, -0.05) is 0 Å².